The van der Waals surface area contributed by atoms with E-state index in [0.717, 1.165) is 37.6 Å². The summed E-state index contributed by atoms with van der Waals surface area (Å²) in [6.07, 6.45) is 1.75. The molecule has 8 heteroatoms. The number of hydrogen-bond donors (Lipinski definition) is 1. The average Bonchev–Trinajstić information content (AvgIpc) is 3.29. The van der Waals surface area contributed by atoms with E-state index in [2.05, 4.69) is 20.3 Å². The zero-order valence-electron chi connectivity index (χ0n) is 14.0. The molecule has 1 aromatic carbocycles. The summed E-state index contributed by atoms with van der Waals surface area (Å²) in [5.74, 6) is 2.11. The van der Waals surface area contributed by atoms with Gasteiger partial charge in [0, 0.05) is 43.9 Å². The molecule has 2 aliphatic heterocycles. The molecule has 5 nitrogen and oxygen atoms in total. The first kappa shape index (κ1) is 18.9. The molecule has 3 aromatic rings. The maximum Gasteiger partial charge on any atom is 0.157 e. The number of anilines is 1. The number of nitrogens with zero attached hydrogens (tertiary/aromatic N) is 4. The molecule has 0 aliphatic carbocycles. The zero-order valence-corrected chi connectivity index (χ0v) is 15.6. The molecule has 0 amide bonds. The van der Waals surface area contributed by atoms with Crippen molar-refractivity contribution in [3.8, 4) is 11.3 Å². The van der Waals surface area contributed by atoms with E-state index < -0.39 is 0 Å². The molecule has 5 rings (SSSR count). The Morgan fingerprint density at radius 1 is 1.04 bits per heavy atom. The predicted octanol–water partition coefficient (Wildman–Crippen LogP) is 3.03. The molecule has 0 spiro atoms. The van der Waals surface area contributed by atoms with Crippen molar-refractivity contribution in [1.29, 1.82) is 0 Å². The second-order valence-electron chi connectivity index (χ2n) is 6.66. The Balaban J connectivity index is 0.000000980. The van der Waals surface area contributed by atoms with Crippen LogP contribution in [0.1, 0.15) is 0 Å². The molecule has 2 saturated heterocycles. The second kappa shape index (κ2) is 7.39. The molecule has 138 valence electrons. The normalized spacial score (nSPS) is 21.3. The fourth-order valence-corrected chi connectivity index (χ4v) is 3.97. The lowest BCUT2D eigenvalue weighted by Gasteiger charge is -2.21. The highest BCUT2D eigenvalue weighted by Gasteiger charge is 2.37. The summed E-state index contributed by atoms with van der Waals surface area (Å²) in [7, 11) is 0. The van der Waals surface area contributed by atoms with Gasteiger partial charge < -0.3 is 10.2 Å². The lowest BCUT2D eigenvalue weighted by molar-refractivity contribution is 0.533. The molecule has 26 heavy (non-hydrogen) atoms. The van der Waals surface area contributed by atoms with Crippen LogP contribution in [0.3, 0.4) is 0 Å². The van der Waals surface area contributed by atoms with Gasteiger partial charge in [-0.3, -0.25) is 0 Å². The Kier molecular flexibility index (Phi) is 5.37. The van der Waals surface area contributed by atoms with Crippen molar-refractivity contribution in [2.45, 2.75) is 0 Å². The summed E-state index contributed by atoms with van der Waals surface area (Å²) < 4.78 is 16.1. The zero-order chi connectivity index (χ0) is 16.1. The van der Waals surface area contributed by atoms with Gasteiger partial charge >= 0.3 is 0 Å². The van der Waals surface area contributed by atoms with Crippen LogP contribution in [0.2, 0.25) is 0 Å². The number of benzene rings is 1. The van der Waals surface area contributed by atoms with Crippen LogP contribution in [0.15, 0.2) is 42.6 Å². The number of halogens is 3. The van der Waals surface area contributed by atoms with Crippen LogP contribution in [0.25, 0.3) is 16.9 Å². The van der Waals surface area contributed by atoms with Gasteiger partial charge in [-0.1, -0.05) is 12.1 Å². The number of nitrogens with one attached hydrogen (secondary N) is 1. The molecule has 2 aromatic heterocycles. The van der Waals surface area contributed by atoms with E-state index in [1.807, 2.05) is 22.7 Å². The SMILES string of the molecule is Cl.Cl.Fc1ccccc1-c1cc(N2C[C@H]3CNC[C@H]3C2)n2nccc2n1. The molecule has 0 radical (unpaired) electrons. The highest BCUT2D eigenvalue weighted by atomic mass is 35.5. The number of fused-ring (bicyclic) bond motifs is 2. The van der Waals surface area contributed by atoms with E-state index in [1.54, 1.807) is 18.3 Å². The van der Waals surface area contributed by atoms with Crippen LogP contribution in [0.5, 0.6) is 0 Å². The summed E-state index contributed by atoms with van der Waals surface area (Å²) in [4.78, 5) is 6.96. The van der Waals surface area contributed by atoms with Gasteiger partial charge in [0.25, 0.3) is 0 Å². The van der Waals surface area contributed by atoms with E-state index in [9.17, 15) is 4.39 Å². The number of aromatic nitrogens is 3. The summed E-state index contributed by atoms with van der Waals surface area (Å²) in [5, 5.41) is 7.88. The molecule has 2 aliphatic rings. The van der Waals surface area contributed by atoms with Gasteiger partial charge in [-0.25, -0.2) is 9.37 Å². The van der Waals surface area contributed by atoms with Gasteiger partial charge in [0.1, 0.15) is 11.6 Å². The first-order chi connectivity index (χ1) is 11.8. The van der Waals surface area contributed by atoms with E-state index in [1.165, 1.54) is 6.07 Å². The largest absolute Gasteiger partial charge is 0.356 e. The molecule has 4 heterocycles. The van der Waals surface area contributed by atoms with Crippen LogP contribution >= 0.6 is 24.8 Å². The fraction of sp³-hybridized carbons (Fsp3) is 0.333. The lowest BCUT2D eigenvalue weighted by Crippen LogP contribution is -2.27. The van der Waals surface area contributed by atoms with Crippen molar-refractivity contribution in [3.05, 3.63) is 48.4 Å². The standard InChI is InChI=1S/C18H18FN5.2ClH/c19-15-4-2-1-3-14(15)16-7-18(24-17(22-16)5-6-21-24)23-10-12-8-20-9-13(12)11-23;;/h1-7,12-13,20H,8-11H2;2*1H/t12-,13+;;. The van der Waals surface area contributed by atoms with Crippen molar-refractivity contribution in [2.24, 2.45) is 11.8 Å². The summed E-state index contributed by atoms with van der Waals surface area (Å²) in [6.45, 7) is 4.17. The lowest BCUT2D eigenvalue weighted by atomic mass is 10.0. The first-order valence-corrected chi connectivity index (χ1v) is 8.35. The first-order valence-electron chi connectivity index (χ1n) is 8.35. The molecular formula is C18H20Cl2FN5. The van der Waals surface area contributed by atoms with Crippen molar-refractivity contribution in [2.75, 3.05) is 31.1 Å². The van der Waals surface area contributed by atoms with Crippen molar-refractivity contribution >= 4 is 36.3 Å². The van der Waals surface area contributed by atoms with Gasteiger partial charge in [-0.05, 0) is 24.0 Å². The Morgan fingerprint density at radius 2 is 1.77 bits per heavy atom. The van der Waals surface area contributed by atoms with Crippen molar-refractivity contribution in [1.82, 2.24) is 19.9 Å². The van der Waals surface area contributed by atoms with Gasteiger partial charge in [-0.2, -0.15) is 9.61 Å². The average molecular weight is 396 g/mol. The number of rotatable bonds is 2. The third-order valence-corrected chi connectivity index (χ3v) is 5.20. The Morgan fingerprint density at radius 3 is 2.50 bits per heavy atom. The highest BCUT2D eigenvalue weighted by Crippen LogP contribution is 2.32. The third kappa shape index (κ3) is 3.02. The van der Waals surface area contributed by atoms with Crippen LogP contribution in [0.4, 0.5) is 10.2 Å². The number of hydrogen-bond acceptors (Lipinski definition) is 4. The van der Waals surface area contributed by atoms with Gasteiger partial charge in [-0.15, -0.1) is 24.8 Å². The van der Waals surface area contributed by atoms with Crippen LogP contribution in [-0.2, 0) is 0 Å². The van der Waals surface area contributed by atoms with Crippen molar-refractivity contribution < 1.29 is 4.39 Å². The molecular weight excluding hydrogens is 376 g/mol. The monoisotopic (exact) mass is 395 g/mol. The van der Waals surface area contributed by atoms with Gasteiger partial charge in [0.2, 0.25) is 0 Å². The minimum Gasteiger partial charge on any atom is -0.356 e. The molecule has 1 N–H and O–H groups in total. The summed E-state index contributed by atoms with van der Waals surface area (Å²) >= 11 is 0. The van der Waals surface area contributed by atoms with Crippen LogP contribution in [-0.4, -0.2) is 40.8 Å². The second-order valence-corrected chi connectivity index (χ2v) is 6.66. The van der Waals surface area contributed by atoms with E-state index >= 15 is 0 Å². The van der Waals surface area contributed by atoms with Gasteiger partial charge in [0.05, 0.1) is 11.9 Å². The Hall–Kier alpha value is -1.89. The van der Waals surface area contributed by atoms with E-state index in [4.69, 9.17) is 0 Å². The fourth-order valence-electron chi connectivity index (χ4n) is 3.97. The minimum absolute atomic E-state index is 0. The summed E-state index contributed by atoms with van der Waals surface area (Å²) in [6, 6.07) is 10.6. The Bertz CT molecular complexity index is 903. The molecule has 2 atom stereocenters. The third-order valence-electron chi connectivity index (χ3n) is 5.20. The van der Waals surface area contributed by atoms with Gasteiger partial charge in [0.15, 0.2) is 5.65 Å². The summed E-state index contributed by atoms with van der Waals surface area (Å²) in [5.41, 5.74) is 1.94. The molecule has 2 fully saturated rings. The quantitative estimate of drug-likeness (QED) is 0.724. The topological polar surface area (TPSA) is 45.5 Å². The molecule has 0 unspecified atom stereocenters. The Labute approximate surface area is 163 Å². The highest BCUT2D eigenvalue weighted by molar-refractivity contribution is 5.85. The predicted molar refractivity (Wildman–Crippen MR) is 105 cm³/mol. The minimum atomic E-state index is -0.248. The van der Waals surface area contributed by atoms with E-state index in [-0.39, 0.29) is 30.6 Å². The van der Waals surface area contributed by atoms with Crippen LogP contribution < -0.4 is 10.2 Å². The maximum absolute atomic E-state index is 14.2. The molecule has 0 bridgehead atoms. The maximum atomic E-state index is 14.2. The van der Waals surface area contributed by atoms with Crippen LogP contribution in [0, 0.1) is 17.7 Å². The smallest absolute Gasteiger partial charge is 0.157 e. The van der Waals surface area contributed by atoms with E-state index in [0.29, 0.717) is 23.1 Å². The van der Waals surface area contributed by atoms with Crippen molar-refractivity contribution in [3.63, 3.8) is 0 Å². The molecule has 0 saturated carbocycles.